The molecule has 0 aromatic carbocycles. The van der Waals surface area contributed by atoms with Gasteiger partial charge in [-0.3, -0.25) is 4.79 Å². The van der Waals surface area contributed by atoms with Crippen molar-refractivity contribution in [1.29, 1.82) is 0 Å². The molecule has 1 fully saturated rings. The van der Waals surface area contributed by atoms with Gasteiger partial charge in [0.1, 0.15) is 0 Å². The number of carbonyl (C=O) groups excluding carboxylic acids is 1. The van der Waals surface area contributed by atoms with Gasteiger partial charge in [0.05, 0.1) is 6.61 Å². The molecule has 0 aromatic rings. The first-order valence-corrected chi connectivity index (χ1v) is 7.72. The number of urea groups is 1. The number of nitrogens with zero attached hydrogens (tertiary/aromatic N) is 2. The van der Waals surface area contributed by atoms with Crippen LogP contribution >= 0.6 is 0 Å². The molecule has 0 radical (unpaired) electrons. The lowest BCUT2D eigenvalue weighted by atomic mass is 9.93. The van der Waals surface area contributed by atoms with Crippen LogP contribution < -0.4 is 0 Å². The van der Waals surface area contributed by atoms with E-state index in [1.807, 2.05) is 23.6 Å². The number of carbonyl (C=O) groups is 2. The van der Waals surface area contributed by atoms with Gasteiger partial charge in [-0.15, -0.1) is 0 Å². The van der Waals surface area contributed by atoms with Crippen molar-refractivity contribution in [2.75, 3.05) is 33.4 Å². The number of methoxy groups -OCH3 is 1. The van der Waals surface area contributed by atoms with Crippen LogP contribution in [0.1, 0.15) is 39.5 Å². The first kappa shape index (κ1) is 17.8. The summed E-state index contributed by atoms with van der Waals surface area (Å²) in [6.45, 7) is 6.54. The number of piperidine rings is 1. The van der Waals surface area contributed by atoms with Gasteiger partial charge < -0.3 is 19.6 Å². The average Bonchev–Trinajstić information content (AvgIpc) is 2.45. The Balaban J connectivity index is 2.56. The van der Waals surface area contributed by atoms with Crippen molar-refractivity contribution in [2.45, 2.75) is 45.6 Å². The molecular formula is C15H28N2O4. The van der Waals surface area contributed by atoms with Crippen molar-refractivity contribution in [3.05, 3.63) is 0 Å². The molecule has 1 aliphatic rings. The topological polar surface area (TPSA) is 70.1 Å². The van der Waals surface area contributed by atoms with E-state index >= 15 is 0 Å². The monoisotopic (exact) mass is 300 g/mol. The third-order valence-electron chi connectivity index (χ3n) is 3.96. The van der Waals surface area contributed by atoms with Crippen LogP contribution in [0.15, 0.2) is 0 Å². The predicted molar refractivity (Wildman–Crippen MR) is 80.3 cm³/mol. The Bertz CT molecular complexity index is 347. The molecule has 1 aliphatic heterocycles. The number of aliphatic carboxylic acids is 1. The molecule has 2 amide bonds. The van der Waals surface area contributed by atoms with Crippen LogP contribution in [-0.2, 0) is 9.53 Å². The highest BCUT2D eigenvalue weighted by Crippen LogP contribution is 2.22. The van der Waals surface area contributed by atoms with Crippen LogP contribution in [0.25, 0.3) is 0 Å². The molecule has 1 rings (SSSR count). The third-order valence-corrected chi connectivity index (χ3v) is 3.96. The van der Waals surface area contributed by atoms with Crippen LogP contribution in [0.2, 0.25) is 0 Å². The molecule has 1 atom stereocenters. The number of rotatable bonds is 7. The highest BCUT2D eigenvalue weighted by molar-refractivity contribution is 5.75. The van der Waals surface area contributed by atoms with E-state index < -0.39 is 5.97 Å². The van der Waals surface area contributed by atoms with Gasteiger partial charge in [0.2, 0.25) is 0 Å². The van der Waals surface area contributed by atoms with E-state index in [1.165, 1.54) is 0 Å². The minimum atomic E-state index is -0.762. The Morgan fingerprint density at radius 2 is 2.14 bits per heavy atom. The number of carboxylic acid groups (broad SMARTS) is 1. The average molecular weight is 300 g/mol. The fraction of sp³-hybridized carbons (Fsp3) is 0.867. The molecule has 6 nitrogen and oxygen atoms in total. The maximum absolute atomic E-state index is 12.6. The van der Waals surface area contributed by atoms with Crippen LogP contribution in [0.5, 0.6) is 0 Å². The number of carboxylic acids is 1. The van der Waals surface area contributed by atoms with Crippen molar-refractivity contribution >= 4 is 12.0 Å². The highest BCUT2D eigenvalue weighted by atomic mass is 16.5. The van der Waals surface area contributed by atoms with E-state index in [1.54, 1.807) is 7.11 Å². The summed E-state index contributed by atoms with van der Waals surface area (Å²) in [7, 11) is 1.63. The van der Waals surface area contributed by atoms with Crippen molar-refractivity contribution in [1.82, 2.24) is 9.80 Å². The van der Waals surface area contributed by atoms with E-state index in [4.69, 9.17) is 9.84 Å². The van der Waals surface area contributed by atoms with Crippen LogP contribution in [-0.4, -0.2) is 66.3 Å². The van der Waals surface area contributed by atoms with E-state index in [9.17, 15) is 9.59 Å². The van der Waals surface area contributed by atoms with Gasteiger partial charge in [0.15, 0.2) is 0 Å². The Kier molecular flexibility index (Phi) is 7.50. The number of likely N-dealkylation sites (tertiary alicyclic amines) is 1. The van der Waals surface area contributed by atoms with Crippen molar-refractivity contribution in [3.8, 4) is 0 Å². The van der Waals surface area contributed by atoms with Gasteiger partial charge in [0.25, 0.3) is 0 Å². The van der Waals surface area contributed by atoms with Crippen molar-refractivity contribution in [2.24, 2.45) is 5.92 Å². The lowest BCUT2D eigenvalue weighted by molar-refractivity contribution is -0.137. The predicted octanol–water partition coefficient (Wildman–Crippen LogP) is 2.04. The fourth-order valence-electron chi connectivity index (χ4n) is 2.75. The molecule has 1 heterocycles. The Labute approximate surface area is 127 Å². The molecule has 0 spiro atoms. The summed E-state index contributed by atoms with van der Waals surface area (Å²) in [4.78, 5) is 27.0. The smallest absolute Gasteiger partial charge is 0.320 e. The second kappa shape index (κ2) is 8.87. The summed E-state index contributed by atoms with van der Waals surface area (Å²) in [5.74, 6) is -0.461. The van der Waals surface area contributed by atoms with Crippen LogP contribution in [0.4, 0.5) is 4.79 Å². The minimum absolute atomic E-state index is 0.0436. The van der Waals surface area contributed by atoms with Gasteiger partial charge in [-0.25, -0.2) is 4.79 Å². The maximum Gasteiger partial charge on any atom is 0.320 e. The largest absolute Gasteiger partial charge is 0.481 e. The summed E-state index contributed by atoms with van der Waals surface area (Å²) in [5, 5.41) is 8.77. The first-order valence-electron chi connectivity index (χ1n) is 7.72. The molecule has 6 heteroatoms. The molecule has 1 N–H and O–H groups in total. The van der Waals surface area contributed by atoms with E-state index in [0.29, 0.717) is 32.0 Å². The summed E-state index contributed by atoms with van der Waals surface area (Å²) >= 11 is 0. The molecule has 122 valence electrons. The summed E-state index contributed by atoms with van der Waals surface area (Å²) in [5.41, 5.74) is 0. The van der Waals surface area contributed by atoms with Gasteiger partial charge >= 0.3 is 12.0 Å². The second-order valence-corrected chi connectivity index (χ2v) is 5.95. The van der Waals surface area contributed by atoms with E-state index in [0.717, 1.165) is 19.4 Å². The van der Waals surface area contributed by atoms with Crippen molar-refractivity contribution < 1.29 is 19.4 Å². The van der Waals surface area contributed by atoms with Gasteiger partial charge in [-0.05, 0) is 39.0 Å². The molecule has 0 aromatic heterocycles. The molecule has 0 saturated carbocycles. The second-order valence-electron chi connectivity index (χ2n) is 5.95. The number of hydrogen-bond acceptors (Lipinski definition) is 3. The van der Waals surface area contributed by atoms with Gasteiger partial charge in [-0.1, -0.05) is 0 Å². The number of amides is 2. The Hall–Kier alpha value is -1.30. The number of ether oxygens (including phenoxy) is 1. The standard InChI is InChI=1S/C15H28N2O4/c1-12(2)17(9-10-21-3)15(20)16-8-4-5-13(11-16)6-7-14(18)19/h12-13H,4-11H2,1-3H3,(H,18,19). The normalized spacial score (nSPS) is 18.9. The summed E-state index contributed by atoms with van der Waals surface area (Å²) in [6.07, 6.45) is 2.80. The zero-order valence-electron chi connectivity index (χ0n) is 13.4. The summed E-state index contributed by atoms with van der Waals surface area (Å²) in [6, 6.07) is 0.175. The molecule has 21 heavy (non-hydrogen) atoms. The minimum Gasteiger partial charge on any atom is -0.481 e. The SMILES string of the molecule is COCCN(C(=O)N1CCCC(CCC(=O)O)C1)C(C)C. The molecule has 0 aliphatic carbocycles. The maximum atomic E-state index is 12.6. The zero-order chi connectivity index (χ0) is 15.8. The molecule has 0 bridgehead atoms. The Morgan fingerprint density at radius 3 is 2.71 bits per heavy atom. The fourth-order valence-corrected chi connectivity index (χ4v) is 2.75. The lowest BCUT2D eigenvalue weighted by Gasteiger charge is -2.38. The van der Waals surface area contributed by atoms with Crippen LogP contribution in [0.3, 0.4) is 0 Å². The zero-order valence-corrected chi connectivity index (χ0v) is 13.4. The van der Waals surface area contributed by atoms with Crippen molar-refractivity contribution in [3.63, 3.8) is 0 Å². The molecular weight excluding hydrogens is 272 g/mol. The number of hydrogen-bond donors (Lipinski definition) is 1. The lowest BCUT2D eigenvalue weighted by Crippen LogP contribution is -2.50. The van der Waals surface area contributed by atoms with E-state index in [2.05, 4.69) is 0 Å². The Morgan fingerprint density at radius 1 is 1.43 bits per heavy atom. The highest BCUT2D eigenvalue weighted by Gasteiger charge is 2.28. The van der Waals surface area contributed by atoms with E-state index in [-0.39, 0.29) is 18.5 Å². The quantitative estimate of drug-likeness (QED) is 0.781. The van der Waals surface area contributed by atoms with Gasteiger partial charge in [0, 0.05) is 39.2 Å². The molecule has 1 saturated heterocycles. The van der Waals surface area contributed by atoms with Crippen LogP contribution in [0, 0.1) is 5.92 Å². The summed E-state index contributed by atoms with van der Waals surface area (Å²) < 4.78 is 5.07. The first-order chi connectivity index (χ1) is 9.95. The molecule has 1 unspecified atom stereocenters. The van der Waals surface area contributed by atoms with Gasteiger partial charge in [-0.2, -0.15) is 0 Å². The third kappa shape index (κ3) is 5.91.